The normalized spacial score (nSPS) is 19.2. The number of halogens is 1. The Morgan fingerprint density at radius 3 is 2.70 bits per heavy atom. The van der Waals surface area contributed by atoms with Crippen molar-refractivity contribution in [1.29, 1.82) is 0 Å². The number of fused-ring (bicyclic) bond motifs is 1. The Labute approximate surface area is 165 Å². The topological polar surface area (TPSA) is 63.9 Å². The van der Waals surface area contributed by atoms with Gasteiger partial charge in [0.15, 0.2) is 16.7 Å². The number of benzene rings is 1. The Morgan fingerprint density at radius 2 is 1.96 bits per heavy atom. The highest BCUT2D eigenvalue weighted by atomic mass is 35.5. The lowest BCUT2D eigenvalue weighted by atomic mass is 10.1. The molecule has 1 saturated carbocycles. The molecule has 1 aromatic carbocycles. The van der Waals surface area contributed by atoms with Crippen molar-refractivity contribution in [3.63, 3.8) is 0 Å². The van der Waals surface area contributed by atoms with Crippen LogP contribution in [0.2, 0.25) is 5.02 Å². The number of hydrogen-bond acceptors (Lipinski definition) is 5. The lowest BCUT2D eigenvalue weighted by Gasteiger charge is -2.33. The molecule has 1 fully saturated rings. The van der Waals surface area contributed by atoms with Gasteiger partial charge in [0.25, 0.3) is 5.91 Å². The number of amides is 1. The Balaban J connectivity index is 1.42. The molecule has 0 unspecified atom stereocenters. The van der Waals surface area contributed by atoms with Gasteiger partial charge in [-0.25, -0.2) is 4.98 Å². The zero-order valence-electron chi connectivity index (χ0n) is 14.8. The van der Waals surface area contributed by atoms with Gasteiger partial charge in [0.1, 0.15) is 0 Å². The maximum absolute atomic E-state index is 12.9. The quantitative estimate of drug-likeness (QED) is 0.663. The fraction of sp³-hybridized carbons (Fsp3) is 0.368. The molecule has 6 nitrogen and oxygen atoms in total. The van der Waals surface area contributed by atoms with E-state index in [0.717, 1.165) is 16.7 Å². The van der Waals surface area contributed by atoms with E-state index in [1.807, 2.05) is 11.8 Å². The first-order valence-corrected chi connectivity index (χ1v) is 10.3. The van der Waals surface area contributed by atoms with E-state index in [4.69, 9.17) is 16.6 Å². The molecule has 1 amide bonds. The van der Waals surface area contributed by atoms with Gasteiger partial charge >= 0.3 is 0 Å². The summed E-state index contributed by atoms with van der Waals surface area (Å²) in [6, 6.07) is 6.85. The number of rotatable bonds is 3. The molecule has 2 aliphatic rings. The first-order valence-electron chi connectivity index (χ1n) is 9.07. The second kappa shape index (κ2) is 6.42. The average molecular weight is 400 g/mol. The van der Waals surface area contributed by atoms with Crippen molar-refractivity contribution in [2.24, 2.45) is 0 Å². The second-order valence-electron chi connectivity index (χ2n) is 7.07. The zero-order valence-corrected chi connectivity index (χ0v) is 16.4. The number of carbonyl (C=O) groups excluding carboxylic acids is 1. The van der Waals surface area contributed by atoms with E-state index in [2.05, 4.69) is 20.1 Å². The molecule has 1 aliphatic heterocycles. The largest absolute Gasteiger partial charge is 0.327 e. The molecule has 5 rings (SSSR count). The van der Waals surface area contributed by atoms with Crippen LogP contribution in [0.5, 0.6) is 0 Å². The third-order valence-electron chi connectivity index (χ3n) is 5.25. The molecule has 138 valence electrons. The predicted octanol–water partition coefficient (Wildman–Crippen LogP) is 4.15. The SMILES string of the molecule is C[C@@H]1c2nnc(-c3nc(C4CC4)cs3)n2CCN1C(=O)c1ccc(Cl)cc1. The molecule has 0 bridgehead atoms. The average Bonchev–Trinajstić information content (AvgIpc) is 3.24. The van der Waals surface area contributed by atoms with Crippen molar-refractivity contribution in [1.82, 2.24) is 24.6 Å². The summed E-state index contributed by atoms with van der Waals surface area (Å²) < 4.78 is 2.10. The van der Waals surface area contributed by atoms with Crippen molar-refractivity contribution >= 4 is 28.8 Å². The maximum atomic E-state index is 12.9. The van der Waals surface area contributed by atoms with Crippen LogP contribution < -0.4 is 0 Å². The minimum absolute atomic E-state index is 0.0137. The van der Waals surface area contributed by atoms with Crippen LogP contribution in [0, 0.1) is 0 Å². The van der Waals surface area contributed by atoms with Crippen LogP contribution in [0.25, 0.3) is 10.8 Å². The molecular formula is C19H18ClN5OS. The van der Waals surface area contributed by atoms with Gasteiger partial charge in [-0.15, -0.1) is 21.5 Å². The highest BCUT2D eigenvalue weighted by Gasteiger charge is 2.33. The molecule has 8 heteroatoms. The fourth-order valence-electron chi connectivity index (χ4n) is 3.53. The maximum Gasteiger partial charge on any atom is 0.254 e. The summed E-state index contributed by atoms with van der Waals surface area (Å²) in [6.45, 7) is 3.27. The number of nitrogens with zero attached hydrogens (tertiary/aromatic N) is 5. The van der Waals surface area contributed by atoms with Crippen LogP contribution >= 0.6 is 22.9 Å². The summed E-state index contributed by atoms with van der Waals surface area (Å²) in [4.78, 5) is 19.5. The van der Waals surface area contributed by atoms with Gasteiger partial charge in [-0.05, 0) is 44.0 Å². The van der Waals surface area contributed by atoms with E-state index >= 15 is 0 Å². The monoisotopic (exact) mass is 399 g/mol. The van der Waals surface area contributed by atoms with Crippen molar-refractivity contribution in [3.05, 3.63) is 51.7 Å². The zero-order chi connectivity index (χ0) is 18.5. The van der Waals surface area contributed by atoms with Crippen molar-refractivity contribution in [3.8, 4) is 10.8 Å². The van der Waals surface area contributed by atoms with Gasteiger partial charge in [-0.1, -0.05) is 11.6 Å². The first kappa shape index (κ1) is 16.9. The molecule has 0 N–H and O–H groups in total. The summed E-state index contributed by atoms with van der Waals surface area (Å²) in [6.07, 6.45) is 2.47. The van der Waals surface area contributed by atoms with Crippen LogP contribution in [-0.2, 0) is 6.54 Å². The molecule has 0 spiro atoms. The van der Waals surface area contributed by atoms with Gasteiger partial charge in [0.2, 0.25) is 0 Å². The molecule has 2 aromatic heterocycles. The molecule has 27 heavy (non-hydrogen) atoms. The lowest BCUT2D eigenvalue weighted by molar-refractivity contribution is 0.0638. The number of hydrogen-bond donors (Lipinski definition) is 0. The van der Waals surface area contributed by atoms with Crippen molar-refractivity contribution in [2.75, 3.05) is 6.54 Å². The molecular weight excluding hydrogens is 382 g/mol. The molecule has 3 heterocycles. The minimum atomic E-state index is -0.147. The van der Waals surface area contributed by atoms with Crippen molar-refractivity contribution in [2.45, 2.75) is 38.3 Å². The first-order chi connectivity index (χ1) is 13.1. The highest BCUT2D eigenvalue weighted by Crippen LogP contribution is 2.41. The Morgan fingerprint density at radius 1 is 1.19 bits per heavy atom. The lowest BCUT2D eigenvalue weighted by Crippen LogP contribution is -2.41. The predicted molar refractivity (Wildman–Crippen MR) is 104 cm³/mol. The number of carbonyl (C=O) groups is 1. The van der Waals surface area contributed by atoms with Crippen LogP contribution in [0.1, 0.15) is 53.6 Å². The van der Waals surface area contributed by atoms with Gasteiger partial charge in [-0.2, -0.15) is 0 Å². The summed E-state index contributed by atoms with van der Waals surface area (Å²) in [5.74, 6) is 2.24. The molecule has 1 aliphatic carbocycles. The van der Waals surface area contributed by atoms with Crippen molar-refractivity contribution < 1.29 is 4.79 Å². The van der Waals surface area contributed by atoms with E-state index < -0.39 is 0 Å². The van der Waals surface area contributed by atoms with E-state index in [0.29, 0.717) is 29.6 Å². The summed E-state index contributed by atoms with van der Waals surface area (Å²) in [5, 5.41) is 12.5. The third-order valence-corrected chi connectivity index (χ3v) is 6.35. The van der Waals surface area contributed by atoms with Crippen LogP contribution in [0.15, 0.2) is 29.6 Å². The molecule has 1 atom stereocenters. The van der Waals surface area contributed by atoms with E-state index in [1.54, 1.807) is 35.6 Å². The van der Waals surface area contributed by atoms with Gasteiger partial charge in [0.05, 0.1) is 11.7 Å². The fourth-order valence-corrected chi connectivity index (χ4v) is 4.55. The Kier molecular flexibility index (Phi) is 4.02. The number of aromatic nitrogens is 4. The smallest absolute Gasteiger partial charge is 0.254 e. The summed E-state index contributed by atoms with van der Waals surface area (Å²) >= 11 is 7.56. The van der Waals surface area contributed by atoms with Crippen LogP contribution in [0.4, 0.5) is 0 Å². The van der Waals surface area contributed by atoms with E-state index in [-0.39, 0.29) is 11.9 Å². The van der Waals surface area contributed by atoms with E-state index in [1.165, 1.54) is 18.5 Å². The summed E-state index contributed by atoms with van der Waals surface area (Å²) in [5.41, 5.74) is 1.81. The molecule has 0 radical (unpaired) electrons. The van der Waals surface area contributed by atoms with Gasteiger partial charge < -0.3 is 9.47 Å². The Hall–Kier alpha value is -2.25. The standard InChI is InChI=1S/C19H18ClN5OS/c1-11-16-22-23-17(18-21-15(10-27-18)12-2-3-12)25(16)9-8-24(11)19(26)13-4-6-14(20)7-5-13/h4-7,10-12H,2-3,8-9H2,1H3/t11-/m1/s1. The minimum Gasteiger partial charge on any atom is -0.327 e. The molecule has 0 saturated heterocycles. The van der Waals surface area contributed by atoms with Crippen LogP contribution in [0.3, 0.4) is 0 Å². The third kappa shape index (κ3) is 2.95. The van der Waals surface area contributed by atoms with Gasteiger partial charge in [-0.3, -0.25) is 4.79 Å². The van der Waals surface area contributed by atoms with E-state index in [9.17, 15) is 4.79 Å². The van der Waals surface area contributed by atoms with Crippen LogP contribution in [-0.4, -0.2) is 37.1 Å². The highest BCUT2D eigenvalue weighted by molar-refractivity contribution is 7.13. The number of thiazole rings is 1. The Bertz CT molecular complexity index is 1010. The van der Waals surface area contributed by atoms with Gasteiger partial charge in [0, 0.05) is 35.0 Å². The summed E-state index contributed by atoms with van der Waals surface area (Å²) in [7, 11) is 0. The second-order valence-corrected chi connectivity index (χ2v) is 8.36. The molecule has 3 aromatic rings.